The van der Waals surface area contributed by atoms with E-state index in [4.69, 9.17) is 24.2 Å². The SMILES string of the molecule is CC(C)C(C)(C)[Si](C)(C)O[C@@H]1O[C@H](CO)[C@@H](O[C@@H]2O[C@H](CO)[C@H](O)[C@H](O)[C@H]2O)[C@H](O)[C@H]1N=[N+]=[N-]. The Morgan fingerprint density at radius 2 is 1.50 bits per heavy atom. The van der Waals surface area contributed by atoms with E-state index in [1.165, 1.54) is 0 Å². The average Bonchev–Trinajstić information content (AvgIpc) is 2.77. The van der Waals surface area contributed by atoms with Crippen LogP contribution in [0.1, 0.15) is 27.7 Å². The van der Waals surface area contributed by atoms with Crippen molar-refractivity contribution in [2.75, 3.05) is 13.2 Å². The lowest BCUT2D eigenvalue weighted by Crippen LogP contribution is -2.65. The van der Waals surface area contributed by atoms with Crippen molar-refractivity contribution in [1.82, 2.24) is 0 Å². The van der Waals surface area contributed by atoms with E-state index in [1.54, 1.807) is 0 Å². The molecule has 0 aromatic rings. The van der Waals surface area contributed by atoms with Crippen molar-refractivity contribution in [3.8, 4) is 0 Å². The summed E-state index contributed by atoms with van der Waals surface area (Å²) in [5.41, 5.74) is 9.11. The molecule has 2 saturated heterocycles. The number of hydrogen-bond donors (Lipinski definition) is 6. The Kier molecular flexibility index (Phi) is 9.89. The normalized spacial score (nSPS) is 39.7. The molecule has 2 heterocycles. The van der Waals surface area contributed by atoms with Gasteiger partial charge in [-0.3, -0.25) is 0 Å². The molecule has 2 aliphatic rings. The first-order valence-electron chi connectivity index (χ1n) is 11.4. The molecule has 2 rings (SSSR count). The maximum atomic E-state index is 11.1. The fourth-order valence-corrected chi connectivity index (χ4v) is 6.44. The van der Waals surface area contributed by atoms with Crippen molar-refractivity contribution in [2.45, 2.75) is 107 Å². The maximum absolute atomic E-state index is 11.1. The van der Waals surface area contributed by atoms with E-state index in [0.717, 1.165) is 0 Å². The van der Waals surface area contributed by atoms with E-state index in [1.807, 2.05) is 13.1 Å². The van der Waals surface area contributed by atoms with Crippen molar-refractivity contribution in [2.24, 2.45) is 11.0 Å². The molecule has 0 spiro atoms. The van der Waals surface area contributed by atoms with Gasteiger partial charge in [0, 0.05) is 4.91 Å². The molecule has 6 N–H and O–H groups in total. The van der Waals surface area contributed by atoms with Crippen molar-refractivity contribution < 1.29 is 49.3 Å². The van der Waals surface area contributed by atoms with E-state index >= 15 is 0 Å². The lowest BCUT2D eigenvalue weighted by atomic mass is 9.96. The Hall–Kier alpha value is -0.873. The number of aliphatic hydroxyl groups excluding tert-OH is 6. The summed E-state index contributed by atoms with van der Waals surface area (Å²) in [6.07, 6.45) is -13.0. The van der Waals surface area contributed by atoms with Gasteiger partial charge in [0.15, 0.2) is 20.9 Å². The highest BCUT2D eigenvalue weighted by molar-refractivity contribution is 6.74. The van der Waals surface area contributed by atoms with Crippen LogP contribution in [-0.4, -0.2) is 114 Å². The third-order valence-electron chi connectivity index (χ3n) is 7.55. The molecular weight excluding hydrogens is 470 g/mol. The van der Waals surface area contributed by atoms with Gasteiger partial charge in [-0.2, -0.15) is 0 Å². The Labute approximate surface area is 200 Å². The van der Waals surface area contributed by atoms with Gasteiger partial charge in [0.1, 0.15) is 42.7 Å². The van der Waals surface area contributed by atoms with E-state index in [0.29, 0.717) is 0 Å². The highest BCUT2D eigenvalue weighted by Gasteiger charge is 2.53. The quantitative estimate of drug-likeness (QED) is 0.102. The van der Waals surface area contributed by atoms with Crippen molar-refractivity contribution in [3.63, 3.8) is 0 Å². The van der Waals surface area contributed by atoms with Crippen LogP contribution in [0.4, 0.5) is 0 Å². The highest BCUT2D eigenvalue weighted by Crippen LogP contribution is 2.46. The number of hydrogen-bond acceptors (Lipinski definition) is 11. The van der Waals surface area contributed by atoms with Crippen LogP contribution in [0.15, 0.2) is 5.11 Å². The van der Waals surface area contributed by atoms with E-state index in [9.17, 15) is 30.6 Å². The van der Waals surface area contributed by atoms with Gasteiger partial charge < -0.3 is 49.3 Å². The zero-order valence-electron chi connectivity index (χ0n) is 20.4. The largest absolute Gasteiger partial charge is 0.394 e. The van der Waals surface area contributed by atoms with Gasteiger partial charge in [-0.1, -0.05) is 32.8 Å². The van der Waals surface area contributed by atoms with Crippen LogP contribution in [0, 0.1) is 5.92 Å². The summed E-state index contributed by atoms with van der Waals surface area (Å²) < 4.78 is 23.2. The molecule has 2 fully saturated rings. The van der Waals surface area contributed by atoms with Gasteiger partial charge in [0.25, 0.3) is 0 Å². The molecule has 0 unspecified atom stereocenters. The number of rotatable bonds is 9. The molecule has 2 aliphatic heterocycles. The molecule has 0 aromatic heterocycles. The molecule has 0 bridgehead atoms. The second kappa shape index (κ2) is 11.5. The molecule has 0 aliphatic carbocycles. The second-order valence-corrected chi connectivity index (χ2v) is 14.8. The lowest BCUT2D eigenvalue weighted by molar-refractivity contribution is -0.343. The first-order valence-corrected chi connectivity index (χ1v) is 14.3. The first kappa shape index (κ1) is 29.4. The lowest BCUT2D eigenvalue weighted by Gasteiger charge is -2.50. The Balaban J connectivity index is 2.29. The molecule has 0 saturated carbocycles. The van der Waals surface area contributed by atoms with Crippen LogP contribution < -0.4 is 0 Å². The van der Waals surface area contributed by atoms with Crippen LogP contribution in [0.5, 0.6) is 0 Å². The van der Waals surface area contributed by atoms with Crippen LogP contribution in [0.3, 0.4) is 0 Å². The number of nitrogens with zero attached hydrogens (tertiary/aromatic N) is 3. The van der Waals surface area contributed by atoms with Crippen LogP contribution >= 0.6 is 0 Å². The minimum Gasteiger partial charge on any atom is -0.394 e. The van der Waals surface area contributed by atoms with Gasteiger partial charge in [0.05, 0.1) is 19.3 Å². The molecule has 14 heteroatoms. The highest BCUT2D eigenvalue weighted by atomic mass is 28.4. The van der Waals surface area contributed by atoms with Crippen molar-refractivity contribution in [1.29, 1.82) is 0 Å². The number of azide groups is 1. The van der Waals surface area contributed by atoms with Crippen LogP contribution in [-0.2, 0) is 18.6 Å². The predicted molar refractivity (Wildman–Crippen MR) is 121 cm³/mol. The van der Waals surface area contributed by atoms with E-state index in [2.05, 4.69) is 37.7 Å². The van der Waals surface area contributed by atoms with Crippen molar-refractivity contribution >= 4 is 8.32 Å². The van der Waals surface area contributed by atoms with Gasteiger partial charge in [0.2, 0.25) is 0 Å². The molecule has 198 valence electrons. The molecule has 10 atom stereocenters. The zero-order valence-corrected chi connectivity index (χ0v) is 21.4. The van der Waals surface area contributed by atoms with Crippen LogP contribution in [0.25, 0.3) is 10.4 Å². The zero-order chi connectivity index (χ0) is 26.0. The molecule has 0 amide bonds. The Bertz CT molecular complexity index is 721. The fraction of sp³-hybridized carbons (Fsp3) is 1.00. The average molecular weight is 510 g/mol. The molecule has 0 radical (unpaired) electrons. The smallest absolute Gasteiger partial charge is 0.196 e. The molecule has 13 nitrogen and oxygen atoms in total. The van der Waals surface area contributed by atoms with Gasteiger partial charge >= 0.3 is 0 Å². The minimum atomic E-state index is -2.53. The summed E-state index contributed by atoms with van der Waals surface area (Å²) in [4.78, 5) is 2.80. The third-order valence-corrected chi connectivity index (χ3v) is 12.1. The number of aliphatic hydroxyl groups is 6. The summed E-state index contributed by atoms with van der Waals surface area (Å²) >= 11 is 0. The van der Waals surface area contributed by atoms with Gasteiger partial charge in [-0.15, -0.1) is 0 Å². The fourth-order valence-electron chi connectivity index (χ4n) is 3.97. The molecular formula is C20H39N3O10Si. The van der Waals surface area contributed by atoms with E-state index < -0.39 is 82.9 Å². The monoisotopic (exact) mass is 509 g/mol. The van der Waals surface area contributed by atoms with Crippen LogP contribution in [0.2, 0.25) is 18.1 Å². The number of ether oxygens (including phenoxy) is 3. The maximum Gasteiger partial charge on any atom is 0.196 e. The predicted octanol–water partition coefficient (Wildman–Crippen LogP) is -0.414. The standard InChI is InChI=1S/C20H39N3O10Si/c1-9(2)20(3,4)34(5,6)33-18-12(22-23-21)14(27)17(11(8-25)31-18)32-19-16(29)15(28)13(26)10(7-24)30-19/h9-19,24-29H,7-8H2,1-6H3/t10-,11-,12-,13+,14-,15+,16-,17-,18+,19+/m1/s1. The Morgan fingerprint density at radius 1 is 0.941 bits per heavy atom. The summed E-state index contributed by atoms with van der Waals surface area (Å²) in [6, 6.07) is -1.25. The summed E-state index contributed by atoms with van der Waals surface area (Å²) in [6.45, 7) is 11.0. The topological polar surface area (TPSA) is 207 Å². The summed E-state index contributed by atoms with van der Waals surface area (Å²) in [5.74, 6) is 0.261. The minimum absolute atomic E-state index is 0.222. The van der Waals surface area contributed by atoms with Gasteiger partial charge in [-0.25, -0.2) is 0 Å². The second-order valence-electron chi connectivity index (χ2n) is 10.2. The molecule has 0 aromatic carbocycles. The Morgan fingerprint density at radius 3 is 2.00 bits per heavy atom. The first-order chi connectivity index (χ1) is 15.7. The summed E-state index contributed by atoms with van der Waals surface area (Å²) in [7, 11) is -2.53. The molecule has 34 heavy (non-hydrogen) atoms. The third kappa shape index (κ3) is 5.74. The van der Waals surface area contributed by atoms with Crippen molar-refractivity contribution in [3.05, 3.63) is 10.4 Å². The van der Waals surface area contributed by atoms with E-state index in [-0.39, 0.29) is 11.0 Å². The summed E-state index contributed by atoms with van der Waals surface area (Å²) in [5, 5.41) is 64.1. The van der Waals surface area contributed by atoms with Gasteiger partial charge in [-0.05, 0) is 29.6 Å².